The molecule has 0 aliphatic carbocycles. The van der Waals surface area contributed by atoms with Gasteiger partial charge in [0.1, 0.15) is 6.61 Å². The Morgan fingerprint density at radius 2 is 2.00 bits per heavy atom. The molecule has 4 heteroatoms. The van der Waals surface area contributed by atoms with Gasteiger partial charge in [0, 0.05) is 13.2 Å². The maximum absolute atomic E-state index is 10.8. The highest BCUT2D eigenvalue weighted by Crippen LogP contribution is 1.98. The minimum Gasteiger partial charge on any atom is -0.374 e. The monoisotopic (exact) mass is 161 g/mol. The quantitative estimate of drug-likeness (QED) is 0.616. The molecular weight excluding hydrogens is 148 g/mol. The zero-order valence-corrected chi connectivity index (χ0v) is 6.79. The van der Waals surface area contributed by atoms with E-state index >= 15 is 0 Å². The minimum absolute atomic E-state index is 0.123. The van der Waals surface area contributed by atoms with E-state index in [1.807, 2.05) is 0 Å². The number of carbonyl (C=O) groups excluding carboxylic acids is 1. The molecule has 0 fully saturated rings. The summed E-state index contributed by atoms with van der Waals surface area (Å²) in [5.74, 6) is -0.520. The first-order chi connectivity index (χ1) is 5.22. The number of ether oxygens (including phenoxy) is 2. The van der Waals surface area contributed by atoms with Gasteiger partial charge in [0.05, 0.1) is 0 Å². The van der Waals surface area contributed by atoms with E-state index in [4.69, 9.17) is 9.84 Å². The zero-order chi connectivity index (χ0) is 8.69. The SMILES string of the molecule is CCOCC(=O)[C](O)OCC. The first kappa shape index (κ1) is 10.6. The molecule has 65 valence electrons. The molecule has 0 aromatic rings. The summed E-state index contributed by atoms with van der Waals surface area (Å²) >= 11 is 0. The summed E-state index contributed by atoms with van der Waals surface area (Å²) in [5.41, 5.74) is 0. The summed E-state index contributed by atoms with van der Waals surface area (Å²) < 4.78 is 9.30. The van der Waals surface area contributed by atoms with Crippen LogP contribution in [0, 0.1) is 6.29 Å². The standard InChI is InChI=1S/C7H13O4/c1-3-10-5-6(8)7(9)11-4-2/h9H,3-5H2,1-2H3. The molecule has 0 aromatic carbocycles. The highest BCUT2D eigenvalue weighted by molar-refractivity contribution is 5.89. The molecule has 1 N–H and O–H groups in total. The minimum atomic E-state index is -0.569. The van der Waals surface area contributed by atoms with E-state index in [1.54, 1.807) is 13.8 Å². The molecule has 0 heterocycles. The van der Waals surface area contributed by atoms with Crippen molar-refractivity contribution in [3.05, 3.63) is 6.29 Å². The molecule has 1 radical (unpaired) electrons. The van der Waals surface area contributed by atoms with Gasteiger partial charge in [-0.25, -0.2) is 0 Å². The Morgan fingerprint density at radius 3 is 2.45 bits per heavy atom. The molecule has 0 atom stereocenters. The summed E-state index contributed by atoms with van der Waals surface area (Å²) in [6.07, 6.45) is -0.569. The van der Waals surface area contributed by atoms with Gasteiger partial charge in [0.15, 0.2) is 0 Å². The van der Waals surface area contributed by atoms with Crippen LogP contribution in [-0.4, -0.2) is 30.7 Å². The van der Waals surface area contributed by atoms with Crippen LogP contribution >= 0.6 is 0 Å². The number of hydrogen-bond donors (Lipinski definition) is 1. The van der Waals surface area contributed by atoms with Crippen molar-refractivity contribution in [2.45, 2.75) is 13.8 Å². The van der Waals surface area contributed by atoms with Crippen molar-refractivity contribution in [2.24, 2.45) is 0 Å². The highest BCUT2D eigenvalue weighted by atomic mass is 16.6. The van der Waals surface area contributed by atoms with E-state index in [2.05, 4.69) is 4.74 Å². The number of carbonyl (C=O) groups is 1. The largest absolute Gasteiger partial charge is 0.374 e. The Kier molecular flexibility index (Phi) is 6.02. The summed E-state index contributed by atoms with van der Waals surface area (Å²) in [5, 5.41) is 8.81. The Hall–Kier alpha value is -0.450. The molecular formula is C7H13O4. The van der Waals surface area contributed by atoms with Crippen LogP contribution in [0.2, 0.25) is 0 Å². The third-order valence-electron chi connectivity index (χ3n) is 0.957. The lowest BCUT2D eigenvalue weighted by Crippen LogP contribution is -2.20. The van der Waals surface area contributed by atoms with Gasteiger partial charge in [-0.05, 0) is 13.8 Å². The van der Waals surface area contributed by atoms with Crippen molar-refractivity contribution in [1.82, 2.24) is 0 Å². The predicted molar refractivity (Wildman–Crippen MR) is 38.3 cm³/mol. The Labute approximate surface area is 66.1 Å². The molecule has 0 amide bonds. The van der Waals surface area contributed by atoms with Crippen molar-refractivity contribution >= 4 is 5.78 Å². The summed E-state index contributed by atoms with van der Waals surface area (Å²) in [4.78, 5) is 10.8. The van der Waals surface area contributed by atoms with Gasteiger partial charge in [0.2, 0.25) is 5.78 Å². The first-order valence-electron chi connectivity index (χ1n) is 3.52. The fraction of sp³-hybridized carbons (Fsp3) is 0.714. The van der Waals surface area contributed by atoms with Crippen LogP contribution in [0.3, 0.4) is 0 Å². The van der Waals surface area contributed by atoms with Crippen molar-refractivity contribution in [2.75, 3.05) is 19.8 Å². The molecule has 0 saturated carbocycles. The van der Waals surface area contributed by atoms with Crippen LogP contribution in [0.5, 0.6) is 0 Å². The Morgan fingerprint density at radius 1 is 1.36 bits per heavy atom. The van der Waals surface area contributed by atoms with Crippen LogP contribution < -0.4 is 0 Å². The van der Waals surface area contributed by atoms with Gasteiger partial charge in [-0.2, -0.15) is 0 Å². The van der Waals surface area contributed by atoms with E-state index in [9.17, 15) is 4.79 Å². The van der Waals surface area contributed by atoms with Crippen LogP contribution in [0.4, 0.5) is 0 Å². The maximum atomic E-state index is 10.8. The molecule has 0 aliphatic heterocycles. The molecule has 0 spiro atoms. The third-order valence-corrected chi connectivity index (χ3v) is 0.957. The lowest BCUT2D eigenvalue weighted by atomic mass is 10.4. The van der Waals surface area contributed by atoms with Crippen LogP contribution in [0.1, 0.15) is 13.8 Å². The maximum Gasteiger partial charge on any atom is 0.292 e. The average molecular weight is 161 g/mol. The fourth-order valence-electron chi connectivity index (χ4n) is 0.474. The second-order valence-corrected chi connectivity index (χ2v) is 1.80. The average Bonchev–Trinajstić information content (AvgIpc) is 2.00. The van der Waals surface area contributed by atoms with Crippen molar-refractivity contribution in [3.63, 3.8) is 0 Å². The molecule has 0 bridgehead atoms. The van der Waals surface area contributed by atoms with Crippen molar-refractivity contribution < 1.29 is 19.4 Å². The molecule has 0 aliphatic rings. The van der Waals surface area contributed by atoms with E-state index in [-0.39, 0.29) is 13.2 Å². The van der Waals surface area contributed by atoms with Gasteiger partial charge < -0.3 is 14.6 Å². The fourth-order valence-corrected chi connectivity index (χ4v) is 0.474. The summed E-state index contributed by atoms with van der Waals surface area (Å²) in [6.45, 7) is 4.06. The molecule has 11 heavy (non-hydrogen) atoms. The van der Waals surface area contributed by atoms with Crippen LogP contribution in [0.25, 0.3) is 0 Å². The highest BCUT2D eigenvalue weighted by Gasteiger charge is 2.16. The van der Waals surface area contributed by atoms with Crippen molar-refractivity contribution in [3.8, 4) is 0 Å². The van der Waals surface area contributed by atoms with Crippen molar-refractivity contribution in [1.29, 1.82) is 0 Å². The van der Waals surface area contributed by atoms with Gasteiger partial charge in [-0.15, -0.1) is 0 Å². The summed E-state index contributed by atoms with van der Waals surface area (Å²) in [7, 11) is 0. The van der Waals surface area contributed by atoms with E-state index in [1.165, 1.54) is 0 Å². The van der Waals surface area contributed by atoms with E-state index in [0.29, 0.717) is 6.61 Å². The smallest absolute Gasteiger partial charge is 0.292 e. The second-order valence-electron chi connectivity index (χ2n) is 1.80. The van der Waals surface area contributed by atoms with Gasteiger partial charge in [0.25, 0.3) is 6.29 Å². The number of aliphatic hydroxyl groups excluding tert-OH is 1. The number of Topliss-reactive ketones (excluding diaryl/α,β-unsaturated/α-hetero) is 1. The number of ketones is 1. The lowest BCUT2D eigenvalue weighted by molar-refractivity contribution is -0.137. The Balaban J connectivity index is 3.47. The van der Waals surface area contributed by atoms with Gasteiger partial charge >= 0.3 is 0 Å². The normalized spacial score (nSPS) is 10.5. The summed E-state index contributed by atoms with van der Waals surface area (Å²) in [6, 6.07) is 0. The number of aliphatic hydroxyl groups is 1. The number of hydrogen-bond acceptors (Lipinski definition) is 4. The predicted octanol–water partition coefficient (Wildman–Crippen LogP) is 0.490. The topological polar surface area (TPSA) is 55.8 Å². The molecule has 0 rings (SSSR count). The van der Waals surface area contributed by atoms with Crippen LogP contribution in [0.15, 0.2) is 0 Å². The Bertz CT molecular complexity index is 113. The van der Waals surface area contributed by atoms with Crippen LogP contribution in [-0.2, 0) is 14.3 Å². The lowest BCUT2D eigenvalue weighted by Gasteiger charge is -2.06. The molecule has 0 saturated heterocycles. The molecule has 0 unspecified atom stereocenters. The van der Waals surface area contributed by atoms with Gasteiger partial charge in [-0.3, -0.25) is 4.79 Å². The first-order valence-corrected chi connectivity index (χ1v) is 3.52. The van der Waals surface area contributed by atoms with Gasteiger partial charge in [-0.1, -0.05) is 0 Å². The van der Waals surface area contributed by atoms with E-state index in [0.717, 1.165) is 0 Å². The number of rotatable bonds is 6. The molecule has 4 nitrogen and oxygen atoms in total. The zero-order valence-electron chi connectivity index (χ0n) is 6.79. The van der Waals surface area contributed by atoms with E-state index < -0.39 is 12.1 Å². The second kappa shape index (κ2) is 6.27. The third kappa shape index (κ3) is 4.89. The molecule has 0 aromatic heterocycles.